The van der Waals surface area contributed by atoms with Gasteiger partial charge in [0.1, 0.15) is 11.6 Å². The van der Waals surface area contributed by atoms with Crippen molar-refractivity contribution in [2.75, 3.05) is 6.54 Å². The van der Waals surface area contributed by atoms with Crippen molar-refractivity contribution >= 4 is 0 Å². The zero-order valence-electron chi connectivity index (χ0n) is 10.2. The lowest BCUT2D eigenvalue weighted by Gasteiger charge is -2.06. The van der Waals surface area contributed by atoms with Gasteiger partial charge in [0, 0.05) is 12.1 Å². The highest BCUT2D eigenvalue weighted by atomic mass is 19.1. The highest BCUT2D eigenvalue weighted by Gasteiger charge is 2.19. The fraction of sp³-hybridized carbons (Fsp3) is 0.571. The Morgan fingerprint density at radius 3 is 2.65 bits per heavy atom. The summed E-state index contributed by atoms with van der Waals surface area (Å²) in [6.45, 7) is 2.68. The molecule has 0 spiro atoms. The van der Waals surface area contributed by atoms with E-state index in [1.807, 2.05) is 0 Å². The fourth-order valence-corrected chi connectivity index (χ4v) is 1.94. The zero-order valence-corrected chi connectivity index (χ0v) is 10.2. The van der Waals surface area contributed by atoms with Gasteiger partial charge >= 0.3 is 0 Å². The quantitative estimate of drug-likeness (QED) is 0.751. The van der Waals surface area contributed by atoms with E-state index in [2.05, 4.69) is 5.32 Å². The number of hydrogen-bond acceptors (Lipinski definition) is 1. The fourth-order valence-electron chi connectivity index (χ4n) is 1.94. The van der Waals surface area contributed by atoms with Gasteiger partial charge in [-0.25, -0.2) is 8.78 Å². The van der Waals surface area contributed by atoms with Crippen molar-refractivity contribution in [1.29, 1.82) is 0 Å². The van der Waals surface area contributed by atoms with Crippen molar-refractivity contribution in [2.45, 2.75) is 45.1 Å². The van der Waals surface area contributed by atoms with Gasteiger partial charge in [0.25, 0.3) is 0 Å². The number of hydrogen-bond donors (Lipinski definition) is 1. The Kier molecular flexibility index (Phi) is 4.11. The van der Waals surface area contributed by atoms with E-state index in [1.165, 1.54) is 12.8 Å². The molecule has 3 heteroatoms. The second-order valence-electron chi connectivity index (χ2n) is 4.88. The van der Waals surface area contributed by atoms with Crippen LogP contribution in [0.4, 0.5) is 8.78 Å². The van der Waals surface area contributed by atoms with Gasteiger partial charge < -0.3 is 5.32 Å². The maximum atomic E-state index is 13.4. The van der Waals surface area contributed by atoms with Crippen molar-refractivity contribution in [1.82, 2.24) is 5.32 Å². The lowest BCUT2D eigenvalue weighted by molar-refractivity contribution is 0.558. The van der Waals surface area contributed by atoms with Crippen LogP contribution in [0.3, 0.4) is 0 Å². The average molecular weight is 239 g/mol. The Morgan fingerprint density at radius 2 is 1.94 bits per heavy atom. The van der Waals surface area contributed by atoms with Crippen LogP contribution in [0.15, 0.2) is 12.1 Å². The third-order valence-electron chi connectivity index (χ3n) is 3.21. The summed E-state index contributed by atoms with van der Waals surface area (Å²) in [6.07, 6.45) is 5.28. The molecule has 0 bridgehead atoms. The molecule has 0 saturated heterocycles. The van der Waals surface area contributed by atoms with E-state index in [1.54, 1.807) is 13.0 Å². The minimum absolute atomic E-state index is 0.414. The molecule has 0 aromatic heterocycles. The molecule has 1 saturated carbocycles. The number of unbranched alkanes of at least 4 members (excludes halogenated alkanes) is 1. The summed E-state index contributed by atoms with van der Waals surface area (Å²) in [5.41, 5.74) is 1.16. The molecule has 17 heavy (non-hydrogen) atoms. The molecule has 1 aromatic rings. The first-order valence-electron chi connectivity index (χ1n) is 6.34. The summed E-state index contributed by atoms with van der Waals surface area (Å²) in [5.74, 6) is -0.870. The van der Waals surface area contributed by atoms with E-state index >= 15 is 0 Å². The number of rotatable bonds is 6. The first-order chi connectivity index (χ1) is 8.16. The summed E-state index contributed by atoms with van der Waals surface area (Å²) in [5, 5.41) is 3.42. The van der Waals surface area contributed by atoms with Crippen LogP contribution in [0, 0.1) is 18.6 Å². The van der Waals surface area contributed by atoms with Crippen LogP contribution >= 0.6 is 0 Å². The second kappa shape index (κ2) is 5.58. The van der Waals surface area contributed by atoms with Crippen molar-refractivity contribution in [2.24, 2.45) is 0 Å². The summed E-state index contributed by atoms with van der Waals surface area (Å²) >= 11 is 0. The van der Waals surface area contributed by atoms with E-state index in [4.69, 9.17) is 0 Å². The van der Waals surface area contributed by atoms with E-state index in [9.17, 15) is 8.78 Å². The molecule has 1 aliphatic rings. The molecule has 0 radical (unpaired) electrons. The molecule has 94 valence electrons. The monoisotopic (exact) mass is 239 g/mol. The van der Waals surface area contributed by atoms with Crippen molar-refractivity contribution in [3.05, 3.63) is 34.9 Å². The topological polar surface area (TPSA) is 12.0 Å². The number of benzene rings is 1. The minimum atomic E-state index is -0.457. The minimum Gasteiger partial charge on any atom is -0.314 e. The number of halogens is 2. The predicted molar refractivity (Wildman–Crippen MR) is 65.1 cm³/mol. The molecule has 0 heterocycles. The largest absolute Gasteiger partial charge is 0.314 e. The van der Waals surface area contributed by atoms with Gasteiger partial charge in [-0.1, -0.05) is 6.07 Å². The Labute approximate surface area is 101 Å². The van der Waals surface area contributed by atoms with Crippen LogP contribution < -0.4 is 5.32 Å². The highest BCUT2D eigenvalue weighted by molar-refractivity contribution is 5.25. The molecule has 1 N–H and O–H groups in total. The molecule has 0 unspecified atom stereocenters. The molecule has 2 rings (SSSR count). The van der Waals surface area contributed by atoms with Crippen LogP contribution in [0.2, 0.25) is 0 Å². The Balaban J connectivity index is 1.75. The summed E-state index contributed by atoms with van der Waals surface area (Å²) in [4.78, 5) is 0. The molecule has 0 amide bonds. The second-order valence-corrected chi connectivity index (χ2v) is 4.88. The van der Waals surface area contributed by atoms with Crippen LogP contribution in [0.1, 0.15) is 36.8 Å². The van der Waals surface area contributed by atoms with E-state index in [0.717, 1.165) is 31.5 Å². The third kappa shape index (κ3) is 3.77. The van der Waals surface area contributed by atoms with Gasteiger partial charge in [0.15, 0.2) is 0 Å². The number of nitrogens with one attached hydrogen (secondary N) is 1. The highest BCUT2D eigenvalue weighted by Crippen LogP contribution is 2.19. The Morgan fingerprint density at radius 1 is 1.18 bits per heavy atom. The Hall–Kier alpha value is -0.960. The zero-order chi connectivity index (χ0) is 12.3. The lowest BCUT2D eigenvalue weighted by atomic mass is 10.0. The van der Waals surface area contributed by atoms with E-state index in [0.29, 0.717) is 17.5 Å². The standard InChI is InChI=1S/C14H19F2N/c1-10-8-11(14(16)9-13(10)15)4-2-3-7-17-12-5-6-12/h8-9,12,17H,2-7H2,1H3. The van der Waals surface area contributed by atoms with Gasteiger partial charge in [0.2, 0.25) is 0 Å². The molecule has 0 atom stereocenters. The average Bonchev–Trinajstić information content (AvgIpc) is 3.08. The van der Waals surface area contributed by atoms with Gasteiger partial charge in [-0.3, -0.25) is 0 Å². The SMILES string of the molecule is Cc1cc(CCCCNC2CC2)c(F)cc1F. The van der Waals surface area contributed by atoms with Crippen LogP contribution in [-0.2, 0) is 6.42 Å². The van der Waals surface area contributed by atoms with Gasteiger partial charge in [-0.05, 0) is 56.7 Å². The smallest absolute Gasteiger partial charge is 0.129 e. The summed E-state index contributed by atoms with van der Waals surface area (Å²) in [6, 6.07) is 3.35. The van der Waals surface area contributed by atoms with Crippen LogP contribution in [-0.4, -0.2) is 12.6 Å². The first kappa shape index (κ1) is 12.5. The Bertz CT molecular complexity index is 386. The van der Waals surface area contributed by atoms with Gasteiger partial charge in [-0.2, -0.15) is 0 Å². The number of aryl methyl sites for hydroxylation is 2. The predicted octanol–water partition coefficient (Wildman–Crippen LogP) is 3.35. The van der Waals surface area contributed by atoms with E-state index < -0.39 is 11.6 Å². The van der Waals surface area contributed by atoms with Gasteiger partial charge in [0.05, 0.1) is 0 Å². The molecule has 1 fully saturated rings. The van der Waals surface area contributed by atoms with Crippen molar-refractivity contribution < 1.29 is 8.78 Å². The van der Waals surface area contributed by atoms with Crippen molar-refractivity contribution in [3.8, 4) is 0 Å². The summed E-state index contributed by atoms with van der Waals surface area (Å²) in [7, 11) is 0. The molecular formula is C14H19F2N. The van der Waals surface area contributed by atoms with Crippen LogP contribution in [0.25, 0.3) is 0 Å². The molecule has 1 aromatic carbocycles. The van der Waals surface area contributed by atoms with Crippen LogP contribution in [0.5, 0.6) is 0 Å². The van der Waals surface area contributed by atoms with E-state index in [-0.39, 0.29) is 0 Å². The maximum absolute atomic E-state index is 13.4. The molecule has 1 aliphatic carbocycles. The lowest BCUT2D eigenvalue weighted by Crippen LogP contribution is -2.17. The normalized spacial score (nSPS) is 15.2. The molecule has 1 nitrogen and oxygen atoms in total. The maximum Gasteiger partial charge on any atom is 0.129 e. The van der Waals surface area contributed by atoms with Gasteiger partial charge in [-0.15, -0.1) is 0 Å². The first-order valence-corrected chi connectivity index (χ1v) is 6.34. The summed E-state index contributed by atoms with van der Waals surface area (Å²) < 4.78 is 26.5. The molecule has 0 aliphatic heterocycles. The third-order valence-corrected chi connectivity index (χ3v) is 3.21. The van der Waals surface area contributed by atoms with Crippen molar-refractivity contribution in [3.63, 3.8) is 0 Å². The molecular weight excluding hydrogens is 220 g/mol.